The number of carbonyl (C=O) groups is 1. The lowest BCUT2D eigenvalue weighted by atomic mass is 10.1. The number of hydrogen-bond acceptors (Lipinski definition) is 5. The van der Waals surface area contributed by atoms with Crippen molar-refractivity contribution in [1.82, 2.24) is 5.09 Å². The van der Waals surface area contributed by atoms with Gasteiger partial charge in [0.25, 0.3) is 0 Å². The molecule has 0 aliphatic carbocycles. The third-order valence-electron chi connectivity index (χ3n) is 1.94. The summed E-state index contributed by atoms with van der Waals surface area (Å²) in [5.41, 5.74) is 0.620. The summed E-state index contributed by atoms with van der Waals surface area (Å²) in [5.74, 6) is -1.18. The molecule has 1 atom stereocenters. The maximum absolute atomic E-state index is 10.7. The zero-order valence-corrected chi connectivity index (χ0v) is 12.1. The number of nitrogens with one attached hydrogen (secondary N) is 1. The molecule has 0 spiro atoms. The molecule has 0 fully saturated rings. The van der Waals surface area contributed by atoms with Crippen LogP contribution in [0.5, 0.6) is 5.75 Å². The summed E-state index contributed by atoms with van der Waals surface area (Å²) >= 11 is 0. The van der Waals surface area contributed by atoms with Crippen LogP contribution in [0.1, 0.15) is 5.56 Å². The summed E-state index contributed by atoms with van der Waals surface area (Å²) in [6, 6.07) is 4.69. The highest BCUT2D eigenvalue weighted by Gasteiger charge is 2.19. The molecule has 1 unspecified atom stereocenters. The fraction of sp³-hybridized carbons (Fsp3) is 0.222. The van der Waals surface area contributed by atoms with Gasteiger partial charge in [-0.05, 0) is 24.1 Å². The quantitative estimate of drug-likeness (QED) is 0.403. The SMILES string of the molecule is O=C(O)C(Cc1ccc(O)cc1)NP(=O)=O.O=P(O)(O)O. The molecule has 0 aromatic heterocycles. The number of hydrogen-bond donors (Lipinski definition) is 6. The molecule has 0 heterocycles. The average molecular weight is 341 g/mol. The van der Waals surface area contributed by atoms with E-state index >= 15 is 0 Å². The van der Waals surface area contributed by atoms with E-state index in [1.165, 1.54) is 24.3 Å². The lowest BCUT2D eigenvalue weighted by molar-refractivity contribution is -0.138. The minimum atomic E-state index is -4.64. The third-order valence-corrected chi connectivity index (χ3v) is 2.46. The number of phenols is 1. The largest absolute Gasteiger partial charge is 0.508 e. The second-order valence-corrected chi connectivity index (χ2v) is 5.46. The average Bonchev–Trinajstić information content (AvgIpc) is 2.28. The van der Waals surface area contributed by atoms with E-state index in [4.69, 9.17) is 29.5 Å². The van der Waals surface area contributed by atoms with Crippen molar-refractivity contribution in [2.75, 3.05) is 0 Å². The van der Waals surface area contributed by atoms with Gasteiger partial charge in [0.1, 0.15) is 11.8 Å². The van der Waals surface area contributed by atoms with Gasteiger partial charge in [-0.15, -0.1) is 0 Å². The van der Waals surface area contributed by atoms with Gasteiger partial charge >= 0.3 is 21.6 Å². The minimum absolute atomic E-state index is 0.0267. The maximum atomic E-state index is 10.7. The van der Waals surface area contributed by atoms with Gasteiger partial charge in [-0.1, -0.05) is 12.1 Å². The Morgan fingerprint density at radius 3 is 1.95 bits per heavy atom. The molecule has 0 amide bonds. The molecular weight excluding hydrogens is 328 g/mol. The van der Waals surface area contributed by atoms with E-state index in [1.54, 1.807) is 0 Å². The predicted octanol–water partition coefficient (Wildman–Crippen LogP) is 0.137. The van der Waals surface area contributed by atoms with Crippen LogP contribution < -0.4 is 5.09 Å². The monoisotopic (exact) mass is 341 g/mol. The molecule has 118 valence electrons. The van der Waals surface area contributed by atoms with E-state index in [0.29, 0.717) is 5.56 Å². The Kier molecular flexibility index (Phi) is 8.05. The van der Waals surface area contributed by atoms with Gasteiger partial charge in [-0.2, -0.15) is 5.09 Å². The second-order valence-electron chi connectivity index (χ2n) is 3.66. The van der Waals surface area contributed by atoms with Crippen molar-refractivity contribution in [1.29, 1.82) is 0 Å². The van der Waals surface area contributed by atoms with Crippen LogP contribution >= 0.6 is 15.7 Å². The van der Waals surface area contributed by atoms with Crippen molar-refractivity contribution in [2.24, 2.45) is 0 Å². The highest BCUT2D eigenvalue weighted by atomic mass is 31.2. The molecule has 0 aliphatic rings. The van der Waals surface area contributed by atoms with Crippen molar-refractivity contribution in [3.8, 4) is 5.75 Å². The van der Waals surface area contributed by atoms with Crippen molar-refractivity contribution in [3.63, 3.8) is 0 Å². The number of aromatic hydroxyl groups is 1. The first-order valence-corrected chi connectivity index (χ1v) is 7.93. The Balaban J connectivity index is 0.000000690. The molecule has 1 aromatic rings. The summed E-state index contributed by atoms with van der Waals surface area (Å²) in [7, 11) is -7.59. The highest BCUT2D eigenvalue weighted by Crippen LogP contribution is 2.25. The maximum Gasteiger partial charge on any atom is 0.466 e. The first-order chi connectivity index (χ1) is 9.49. The molecule has 0 bridgehead atoms. The Bertz CT molecular complexity index is 561. The van der Waals surface area contributed by atoms with E-state index in [0.717, 1.165) is 0 Å². The standard InChI is InChI=1S/C9H10NO5P.H3O4P/c11-7-3-1-6(2-4-7)5-8(9(12)13)10-16(14)15;1-5(2,3)4/h1-4,8,11H,5H2,(H,12,13)(H,10,14,15);(H3,1,2,3,4). The summed E-state index contributed by atoms with van der Waals surface area (Å²) in [4.78, 5) is 32.3. The molecule has 21 heavy (non-hydrogen) atoms. The smallest absolute Gasteiger partial charge is 0.466 e. The molecule has 0 radical (unpaired) electrons. The number of rotatable bonds is 5. The van der Waals surface area contributed by atoms with Crippen molar-refractivity contribution in [2.45, 2.75) is 12.5 Å². The zero-order valence-electron chi connectivity index (χ0n) is 10.4. The zero-order chi connectivity index (χ0) is 16.6. The number of phosphoric acid groups is 1. The van der Waals surface area contributed by atoms with Crippen LogP contribution in [0.2, 0.25) is 0 Å². The third kappa shape index (κ3) is 11.9. The number of carboxylic acid groups (broad SMARTS) is 1. The van der Waals surface area contributed by atoms with Crippen LogP contribution in [0, 0.1) is 0 Å². The highest BCUT2D eigenvalue weighted by molar-refractivity contribution is 7.45. The molecule has 6 N–H and O–H groups in total. The summed E-state index contributed by atoms with van der Waals surface area (Å²) in [6.07, 6.45) is 0.0267. The van der Waals surface area contributed by atoms with Crippen molar-refractivity contribution >= 4 is 21.6 Å². The van der Waals surface area contributed by atoms with E-state index in [1.807, 2.05) is 5.09 Å². The Hall–Kier alpha value is -1.54. The molecule has 1 aromatic carbocycles. The number of benzene rings is 1. The van der Waals surface area contributed by atoms with Gasteiger partial charge in [0, 0.05) is 0 Å². The van der Waals surface area contributed by atoms with Crippen molar-refractivity contribution < 1.29 is 43.4 Å². The topological polar surface area (TPSA) is 181 Å². The van der Waals surface area contributed by atoms with Crippen LogP contribution in [0.4, 0.5) is 0 Å². The van der Waals surface area contributed by atoms with Crippen LogP contribution in [0.15, 0.2) is 24.3 Å². The van der Waals surface area contributed by atoms with E-state index in [2.05, 4.69) is 0 Å². The van der Waals surface area contributed by atoms with E-state index < -0.39 is 27.7 Å². The van der Waals surface area contributed by atoms with Crippen molar-refractivity contribution in [3.05, 3.63) is 29.8 Å². The van der Waals surface area contributed by atoms with Crippen LogP contribution in [0.25, 0.3) is 0 Å². The molecular formula is C9H13NO9P2. The fourth-order valence-corrected chi connectivity index (χ4v) is 1.64. The minimum Gasteiger partial charge on any atom is -0.508 e. The predicted molar refractivity (Wildman–Crippen MR) is 68.9 cm³/mol. The Morgan fingerprint density at radius 2 is 1.62 bits per heavy atom. The summed E-state index contributed by atoms with van der Waals surface area (Å²) < 4.78 is 29.6. The molecule has 0 saturated heterocycles. The number of aliphatic carboxylic acids is 1. The molecule has 1 rings (SSSR count). The van der Waals surface area contributed by atoms with Gasteiger partial charge in [-0.3, -0.25) is 4.79 Å². The van der Waals surface area contributed by atoms with Gasteiger partial charge in [0.15, 0.2) is 0 Å². The normalized spacial score (nSPS) is 12.0. The summed E-state index contributed by atoms with van der Waals surface area (Å²) in [6.45, 7) is 0. The molecule has 0 saturated carbocycles. The lowest BCUT2D eigenvalue weighted by Gasteiger charge is -2.09. The molecule has 0 aliphatic heterocycles. The van der Waals surface area contributed by atoms with Crippen LogP contribution in [-0.2, 0) is 24.9 Å². The Labute approximate surface area is 119 Å². The van der Waals surface area contributed by atoms with E-state index in [-0.39, 0.29) is 12.2 Å². The first-order valence-electron chi connectivity index (χ1n) is 5.18. The first kappa shape index (κ1) is 19.5. The molecule has 10 nitrogen and oxygen atoms in total. The summed E-state index contributed by atoms with van der Waals surface area (Å²) in [5, 5.41) is 19.7. The van der Waals surface area contributed by atoms with Crippen LogP contribution in [-0.4, -0.2) is 36.9 Å². The van der Waals surface area contributed by atoms with Gasteiger partial charge in [-0.25, -0.2) is 13.7 Å². The number of carboxylic acids is 1. The second kappa shape index (κ2) is 8.68. The van der Waals surface area contributed by atoms with Gasteiger partial charge in [0.05, 0.1) is 0 Å². The Morgan fingerprint density at radius 1 is 1.19 bits per heavy atom. The fourth-order valence-electron chi connectivity index (χ4n) is 1.18. The van der Waals surface area contributed by atoms with Gasteiger partial charge < -0.3 is 24.9 Å². The lowest BCUT2D eigenvalue weighted by Crippen LogP contribution is -2.33. The molecule has 12 heteroatoms. The van der Waals surface area contributed by atoms with E-state index in [9.17, 15) is 13.9 Å². The number of phenolic OH excluding ortho intramolecular Hbond substituents is 1. The van der Waals surface area contributed by atoms with Gasteiger partial charge in [0.2, 0.25) is 0 Å². The van der Waals surface area contributed by atoms with Crippen LogP contribution in [0.3, 0.4) is 0 Å².